The van der Waals surface area contributed by atoms with Crippen LogP contribution < -0.4 is 14.2 Å². The van der Waals surface area contributed by atoms with Gasteiger partial charge in [-0.1, -0.05) is 66.7 Å². The third-order valence-corrected chi connectivity index (χ3v) is 6.30. The molecule has 2 aliphatic heterocycles. The zero-order valence-corrected chi connectivity index (χ0v) is 18.1. The van der Waals surface area contributed by atoms with Crippen molar-refractivity contribution in [2.45, 2.75) is 24.4 Å². The Bertz CT molecular complexity index is 1310. The Morgan fingerprint density at radius 2 is 1.35 bits per heavy atom. The number of benzene rings is 4. The van der Waals surface area contributed by atoms with Crippen LogP contribution in [0.5, 0.6) is 28.7 Å². The number of hydrogen-bond donors (Lipinski definition) is 3. The molecule has 2 aliphatic rings. The van der Waals surface area contributed by atoms with Crippen molar-refractivity contribution in [3.05, 3.63) is 113 Å². The number of phenolic OH excluding ortho intramolecular Hbond substituents is 2. The average molecular weight is 454 g/mol. The Labute approximate surface area is 196 Å². The monoisotopic (exact) mass is 454 g/mol. The number of rotatable bonds is 3. The van der Waals surface area contributed by atoms with Crippen LogP contribution in [-0.2, 0) is 12.2 Å². The third-order valence-electron chi connectivity index (χ3n) is 6.30. The van der Waals surface area contributed by atoms with Crippen molar-refractivity contribution < 1.29 is 29.5 Å². The fourth-order valence-electron chi connectivity index (χ4n) is 4.66. The van der Waals surface area contributed by atoms with E-state index in [1.54, 1.807) is 0 Å². The lowest BCUT2D eigenvalue weighted by atomic mass is 9.94. The van der Waals surface area contributed by atoms with Gasteiger partial charge in [0.2, 0.25) is 0 Å². The van der Waals surface area contributed by atoms with Crippen LogP contribution in [0.3, 0.4) is 0 Å². The molecule has 2 atom stereocenters. The Balaban J connectivity index is 1.38. The van der Waals surface area contributed by atoms with Crippen LogP contribution in [0.25, 0.3) is 0 Å². The van der Waals surface area contributed by atoms with Gasteiger partial charge < -0.3 is 29.5 Å². The second-order valence-electron chi connectivity index (χ2n) is 8.51. The summed E-state index contributed by atoms with van der Waals surface area (Å²) in [6, 6.07) is 27.6. The first kappa shape index (κ1) is 20.4. The van der Waals surface area contributed by atoms with E-state index in [1.807, 2.05) is 78.9 Å². The minimum atomic E-state index is -1.14. The van der Waals surface area contributed by atoms with Crippen LogP contribution in [0.2, 0.25) is 0 Å². The molecule has 0 spiro atoms. The molecule has 4 aromatic carbocycles. The molecule has 4 aromatic rings. The molecule has 0 aliphatic carbocycles. The lowest BCUT2D eigenvalue weighted by Crippen LogP contribution is -2.36. The quantitative estimate of drug-likeness (QED) is 0.412. The summed E-state index contributed by atoms with van der Waals surface area (Å²) in [5.74, 6) is 0.109. The minimum Gasteiger partial charge on any atom is -0.508 e. The van der Waals surface area contributed by atoms with Crippen molar-refractivity contribution in [3.63, 3.8) is 0 Å². The minimum absolute atomic E-state index is 0.103. The first-order valence-electron chi connectivity index (χ1n) is 11.1. The molecule has 170 valence electrons. The molecule has 2 heterocycles. The number of phenols is 2. The molecule has 0 radical (unpaired) electrons. The Kier molecular flexibility index (Phi) is 4.64. The largest absolute Gasteiger partial charge is 0.508 e. The summed E-state index contributed by atoms with van der Waals surface area (Å²) >= 11 is 0. The molecule has 0 bridgehead atoms. The maximum Gasteiger partial charge on any atom is 0.305 e. The standard InChI is InChI=1S/C28H22O6/c29-20-14-22(30)21-16-23(31)27(32-25(21)15-20)17-11-12-24-26(13-17)34-28(33-24,18-7-3-1-4-8-18)19-9-5-2-6-10-19/h1-15,23,27,29-31H,16H2/t23-,27-/m1/s1. The average Bonchev–Trinajstić information content (AvgIpc) is 3.25. The lowest BCUT2D eigenvalue weighted by molar-refractivity contribution is -0.0459. The molecule has 0 saturated carbocycles. The smallest absolute Gasteiger partial charge is 0.305 e. The summed E-state index contributed by atoms with van der Waals surface area (Å²) in [6.07, 6.45) is -1.40. The summed E-state index contributed by atoms with van der Waals surface area (Å²) in [4.78, 5) is 0. The molecule has 0 unspecified atom stereocenters. The van der Waals surface area contributed by atoms with E-state index in [0.29, 0.717) is 28.4 Å². The molecule has 34 heavy (non-hydrogen) atoms. The molecule has 0 saturated heterocycles. The Morgan fingerprint density at radius 1 is 0.706 bits per heavy atom. The first-order valence-corrected chi connectivity index (χ1v) is 11.1. The van der Waals surface area contributed by atoms with Crippen molar-refractivity contribution in [2.24, 2.45) is 0 Å². The predicted molar refractivity (Wildman–Crippen MR) is 124 cm³/mol. The maximum absolute atomic E-state index is 10.8. The first-order chi connectivity index (χ1) is 16.5. The number of aliphatic hydroxyl groups excluding tert-OH is 1. The van der Waals surface area contributed by atoms with E-state index in [0.717, 1.165) is 11.1 Å². The zero-order valence-electron chi connectivity index (χ0n) is 18.1. The van der Waals surface area contributed by atoms with E-state index in [1.165, 1.54) is 12.1 Å². The normalized spacial score (nSPS) is 19.8. The molecule has 0 fully saturated rings. The summed E-state index contributed by atoms with van der Waals surface area (Å²) in [5.41, 5.74) is 2.87. The van der Waals surface area contributed by atoms with Crippen LogP contribution in [0.4, 0.5) is 0 Å². The van der Waals surface area contributed by atoms with Gasteiger partial charge in [-0.05, 0) is 17.7 Å². The molecule has 6 nitrogen and oxygen atoms in total. The fourth-order valence-corrected chi connectivity index (χ4v) is 4.66. The molecule has 6 rings (SSSR count). The van der Waals surface area contributed by atoms with Gasteiger partial charge in [-0.3, -0.25) is 0 Å². The maximum atomic E-state index is 10.8. The molecule has 0 amide bonds. The number of aliphatic hydroxyl groups is 1. The number of aromatic hydroxyl groups is 2. The lowest BCUT2D eigenvalue weighted by Gasteiger charge is -2.31. The van der Waals surface area contributed by atoms with Gasteiger partial charge in [0.05, 0.1) is 6.10 Å². The van der Waals surface area contributed by atoms with Crippen molar-refractivity contribution in [2.75, 3.05) is 0 Å². The highest BCUT2D eigenvalue weighted by atomic mass is 16.7. The second kappa shape index (κ2) is 7.71. The predicted octanol–water partition coefficient (Wildman–Crippen LogP) is 4.81. The highest BCUT2D eigenvalue weighted by molar-refractivity contribution is 5.54. The van der Waals surface area contributed by atoms with E-state index >= 15 is 0 Å². The molecular weight excluding hydrogens is 432 g/mol. The highest BCUT2D eigenvalue weighted by Gasteiger charge is 2.46. The topological polar surface area (TPSA) is 88.4 Å². The summed E-state index contributed by atoms with van der Waals surface area (Å²) in [5, 5.41) is 30.8. The number of fused-ring (bicyclic) bond motifs is 2. The van der Waals surface area contributed by atoms with Gasteiger partial charge in [-0.2, -0.15) is 0 Å². The van der Waals surface area contributed by atoms with E-state index < -0.39 is 18.0 Å². The van der Waals surface area contributed by atoms with Gasteiger partial charge in [0.25, 0.3) is 0 Å². The van der Waals surface area contributed by atoms with Crippen molar-refractivity contribution in [1.82, 2.24) is 0 Å². The third kappa shape index (κ3) is 3.23. The molecular formula is C28H22O6. The van der Waals surface area contributed by atoms with Gasteiger partial charge in [-0.25, -0.2) is 0 Å². The Morgan fingerprint density at radius 3 is 2.03 bits per heavy atom. The Hall–Kier alpha value is -4.16. The summed E-state index contributed by atoms with van der Waals surface area (Å²) in [7, 11) is 0. The van der Waals surface area contributed by atoms with Gasteiger partial charge in [0.1, 0.15) is 23.4 Å². The van der Waals surface area contributed by atoms with E-state index in [2.05, 4.69) is 0 Å². The van der Waals surface area contributed by atoms with Crippen molar-refractivity contribution >= 4 is 0 Å². The number of hydrogen-bond acceptors (Lipinski definition) is 6. The summed E-state index contributed by atoms with van der Waals surface area (Å²) in [6.45, 7) is 0. The molecule has 6 heteroatoms. The van der Waals surface area contributed by atoms with Gasteiger partial charge in [0.15, 0.2) is 11.5 Å². The molecule has 0 aromatic heterocycles. The van der Waals surface area contributed by atoms with Gasteiger partial charge >= 0.3 is 5.79 Å². The number of ether oxygens (including phenoxy) is 3. The molecule has 3 N–H and O–H groups in total. The van der Waals surface area contributed by atoms with Crippen LogP contribution in [0, 0.1) is 0 Å². The van der Waals surface area contributed by atoms with Crippen molar-refractivity contribution in [3.8, 4) is 28.7 Å². The van der Waals surface area contributed by atoms with E-state index in [9.17, 15) is 15.3 Å². The SMILES string of the molecule is Oc1cc(O)c2c(c1)O[C@H](c1ccc3c(c1)OC(c1ccccc1)(c1ccccc1)O3)[C@H](O)C2. The fraction of sp³-hybridized carbons (Fsp3) is 0.143. The van der Waals surface area contributed by atoms with Crippen LogP contribution in [0.1, 0.15) is 28.4 Å². The van der Waals surface area contributed by atoms with Crippen LogP contribution >= 0.6 is 0 Å². The van der Waals surface area contributed by atoms with Gasteiger partial charge in [-0.15, -0.1) is 0 Å². The van der Waals surface area contributed by atoms with E-state index in [-0.39, 0.29) is 17.9 Å². The van der Waals surface area contributed by atoms with Gasteiger partial charge in [0, 0.05) is 35.2 Å². The zero-order chi connectivity index (χ0) is 23.3. The van der Waals surface area contributed by atoms with Crippen molar-refractivity contribution in [1.29, 1.82) is 0 Å². The highest BCUT2D eigenvalue weighted by Crippen LogP contribution is 2.49. The van der Waals surface area contributed by atoms with E-state index in [4.69, 9.17) is 14.2 Å². The van der Waals surface area contributed by atoms with Crippen LogP contribution in [0.15, 0.2) is 91.0 Å². The van der Waals surface area contributed by atoms with Crippen LogP contribution in [-0.4, -0.2) is 21.4 Å². The summed E-state index contributed by atoms with van der Waals surface area (Å²) < 4.78 is 18.9. The second-order valence-corrected chi connectivity index (χ2v) is 8.51.